The molecule has 1 N–H and O–H groups in total. The van der Waals surface area contributed by atoms with Crippen molar-refractivity contribution in [3.8, 4) is 17.2 Å². The SMILES string of the molecule is CCCOc1ccc(/C=N\NC(=O)c2cccn(Cc3ccc(OC)cc3)c2=O)cc1OC. The van der Waals surface area contributed by atoms with Crippen LogP contribution in [0, 0.1) is 0 Å². The summed E-state index contributed by atoms with van der Waals surface area (Å²) in [6.45, 7) is 2.95. The Kier molecular flexibility index (Phi) is 8.24. The number of nitrogens with one attached hydrogen (secondary N) is 1. The van der Waals surface area contributed by atoms with Crippen molar-refractivity contribution < 1.29 is 19.0 Å². The predicted molar refractivity (Wildman–Crippen MR) is 127 cm³/mol. The predicted octanol–water partition coefficient (Wildman–Crippen LogP) is 3.47. The third kappa shape index (κ3) is 6.22. The first-order chi connectivity index (χ1) is 16.0. The molecule has 0 saturated heterocycles. The maximum Gasteiger partial charge on any atom is 0.276 e. The van der Waals surface area contributed by atoms with Crippen LogP contribution in [-0.2, 0) is 6.54 Å². The van der Waals surface area contributed by atoms with Gasteiger partial charge in [-0.15, -0.1) is 0 Å². The van der Waals surface area contributed by atoms with E-state index in [0.717, 1.165) is 17.7 Å². The number of methoxy groups -OCH3 is 2. The summed E-state index contributed by atoms with van der Waals surface area (Å²) in [4.78, 5) is 25.3. The molecule has 3 aromatic rings. The van der Waals surface area contributed by atoms with Crippen molar-refractivity contribution in [2.24, 2.45) is 5.10 Å². The smallest absolute Gasteiger partial charge is 0.276 e. The monoisotopic (exact) mass is 449 g/mol. The number of rotatable bonds is 10. The molecule has 8 heteroatoms. The molecule has 0 unspecified atom stereocenters. The van der Waals surface area contributed by atoms with Gasteiger partial charge in [0.15, 0.2) is 11.5 Å². The van der Waals surface area contributed by atoms with E-state index in [-0.39, 0.29) is 5.56 Å². The van der Waals surface area contributed by atoms with Crippen molar-refractivity contribution in [3.63, 3.8) is 0 Å². The molecule has 172 valence electrons. The second-order valence-corrected chi connectivity index (χ2v) is 7.16. The minimum Gasteiger partial charge on any atom is -0.497 e. The number of nitrogens with zero attached hydrogens (tertiary/aromatic N) is 2. The molecule has 0 bridgehead atoms. The normalized spacial score (nSPS) is 10.8. The fraction of sp³-hybridized carbons (Fsp3) is 0.240. The summed E-state index contributed by atoms with van der Waals surface area (Å²) in [7, 11) is 3.15. The highest BCUT2D eigenvalue weighted by Gasteiger charge is 2.12. The lowest BCUT2D eigenvalue weighted by Gasteiger charge is -2.10. The van der Waals surface area contributed by atoms with Gasteiger partial charge < -0.3 is 18.8 Å². The number of carbonyl (C=O) groups is 1. The molecular formula is C25H27N3O5. The lowest BCUT2D eigenvalue weighted by molar-refractivity contribution is 0.0953. The number of hydrogen-bond donors (Lipinski definition) is 1. The quantitative estimate of drug-likeness (QED) is 0.378. The van der Waals surface area contributed by atoms with E-state index in [1.807, 2.05) is 31.2 Å². The highest BCUT2D eigenvalue weighted by atomic mass is 16.5. The largest absolute Gasteiger partial charge is 0.497 e. The summed E-state index contributed by atoms with van der Waals surface area (Å²) < 4.78 is 17.6. The van der Waals surface area contributed by atoms with Crippen LogP contribution in [0.4, 0.5) is 0 Å². The van der Waals surface area contributed by atoms with Crippen molar-refractivity contribution >= 4 is 12.1 Å². The van der Waals surface area contributed by atoms with E-state index in [4.69, 9.17) is 14.2 Å². The Morgan fingerprint density at radius 3 is 2.55 bits per heavy atom. The first-order valence-corrected chi connectivity index (χ1v) is 10.5. The summed E-state index contributed by atoms with van der Waals surface area (Å²) in [5.41, 5.74) is 3.63. The summed E-state index contributed by atoms with van der Waals surface area (Å²) in [6, 6.07) is 15.9. The van der Waals surface area contributed by atoms with E-state index >= 15 is 0 Å². The second kappa shape index (κ2) is 11.5. The van der Waals surface area contributed by atoms with Gasteiger partial charge in [0.25, 0.3) is 11.5 Å². The highest BCUT2D eigenvalue weighted by molar-refractivity contribution is 5.94. The highest BCUT2D eigenvalue weighted by Crippen LogP contribution is 2.27. The molecule has 0 radical (unpaired) electrons. The van der Waals surface area contributed by atoms with Crippen LogP contribution in [0.1, 0.15) is 34.8 Å². The minimum atomic E-state index is -0.588. The van der Waals surface area contributed by atoms with Gasteiger partial charge in [0, 0.05) is 6.20 Å². The van der Waals surface area contributed by atoms with Crippen molar-refractivity contribution in [2.75, 3.05) is 20.8 Å². The Bertz CT molecular complexity index is 1170. The third-order valence-electron chi connectivity index (χ3n) is 4.81. The second-order valence-electron chi connectivity index (χ2n) is 7.16. The molecular weight excluding hydrogens is 422 g/mol. The van der Waals surface area contributed by atoms with E-state index in [1.54, 1.807) is 44.7 Å². The first kappa shape index (κ1) is 23.6. The molecule has 1 amide bonds. The van der Waals surface area contributed by atoms with Crippen LogP contribution in [0.25, 0.3) is 0 Å². The van der Waals surface area contributed by atoms with Crippen LogP contribution < -0.4 is 25.2 Å². The van der Waals surface area contributed by atoms with Crippen molar-refractivity contribution in [1.29, 1.82) is 0 Å². The molecule has 1 aromatic heterocycles. The third-order valence-corrected chi connectivity index (χ3v) is 4.81. The van der Waals surface area contributed by atoms with E-state index < -0.39 is 11.5 Å². The summed E-state index contributed by atoms with van der Waals surface area (Å²) in [5, 5.41) is 3.98. The van der Waals surface area contributed by atoms with Crippen LogP contribution in [0.2, 0.25) is 0 Å². The van der Waals surface area contributed by atoms with Gasteiger partial charge in [-0.25, -0.2) is 5.43 Å². The average Bonchev–Trinajstić information content (AvgIpc) is 2.84. The molecule has 8 nitrogen and oxygen atoms in total. The number of ether oxygens (including phenoxy) is 3. The number of amides is 1. The van der Waals surface area contributed by atoms with Gasteiger partial charge in [0.1, 0.15) is 11.3 Å². The van der Waals surface area contributed by atoms with Crippen LogP contribution >= 0.6 is 0 Å². The van der Waals surface area contributed by atoms with Gasteiger partial charge in [0.2, 0.25) is 0 Å². The van der Waals surface area contributed by atoms with Crippen molar-refractivity contribution in [2.45, 2.75) is 19.9 Å². The number of hydrazone groups is 1. The lowest BCUT2D eigenvalue weighted by atomic mass is 10.2. The number of pyridine rings is 1. The zero-order chi connectivity index (χ0) is 23.6. The van der Waals surface area contributed by atoms with Crippen molar-refractivity contribution in [1.82, 2.24) is 9.99 Å². The Hall–Kier alpha value is -4.07. The van der Waals surface area contributed by atoms with E-state index in [9.17, 15) is 9.59 Å². The maximum atomic E-state index is 12.8. The van der Waals surface area contributed by atoms with Gasteiger partial charge in [-0.2, -0.15) is 5.10 Å². The summed E-state index contributed by atoms with van der Waals surface area (Å²) >= 11 is 0. The molecule has 0 aliphatic heterocycles. The zero-order valence-electron chi connectivity index (χ0n) is 18.9. The molecule has 0 aliphatic carbocycles. The number of aromatic nitrogens is 1. The topological polar surface area (TPSA) is 91.1 Å². The summed E-state index contributed by atoms with van der Waals surface area (Å²) in [5.74, 6) is 1.36. The van der Waals surface area contributed by atoms with E-state index in [0.29, 0.717) is 30.2 Å². The molecule has 0 spiro atoms. The fourth-order valence-electron chi connectivity index (χ4n) is 3.08. The molecule has 33 heavy (non-hydrogen) atoms. The minimum absolute atomic E-state index is 0.00376. The molecule has 0 saturated carbocycles. The summed E-state index contributed by atoms with van der Waals surface area (Å²) in [6.07, 6.45) is 4.00. The van der Waals surface area contributed by atoms with Gasteiger partial charge >= 0.3 is 0 Å². The Morgan fingerprint density at radius 1 is 1.06 bits per heavy atom. The zero-order valence-corrected chi connectivity index (χ0v) is 18.9. The molecule has 0 aliphatic rings. The van der Waals surface area contributed by atoms with Gasteiger partial charge in [0.05, 0.1) is 33.6 Å². The average molecular weight is 450 g/mol. The molecule has 2 aromatic carbocycles. The number of hydrogen-bond acceptors (Lipinski definition) is 6. The van der Waals surface area contributed by atoms with Gasteiger partial charge in [-0.3, -0.25) is 9.59 Å². The first-order valence-electron chi connectivity index (χ1n) is 10.5. The van der Waals surface area contributed by atoms with Gasteiger partial charge in [-0.05, 0) is 60.0 Å². The van der Waals surface area contributed by atoms with E-state index in [1.165, 1.54) is 16.8 Å². The van der Waals surface area contributed by atoms with Crippen LogP contribution in [0.15, 0.2) is 70.7 Å². The molecule has 0 fully saturated rings. The Labute approximate surface area is 192 Å². The fourth-order valence-corrected chi connectivity index (χ4v) is 3.08. The molecule has 1 heterocycles. The number of benzene rings is 2. The van der Waals surface area contributed by atoms with Gasteiger partial charge in [-0.1, -0.05) is 19.1 Å². The maximum absolute atomic E-state index is 12.8. The van der Waals surface area contributed by atoms with E-state index in [2.05, 4.69) is 10.5 Å². The van der Waals surface area contributed by atoms with Crippen molar-refractivity contribution in [3.05, 3.63) is 87.8 Å². The van der Waals surface area contributed by atoms with Crippen LogP contribution in [0.5, 0.6) is 17.2 Å². The van der Waals surface area contributed by atoms with Crippen LogP contribution in [0.3, 0.4) is 0 Å². The Balaban J connectivity index is 1.68. The standard InChI is InChI=1S/C25H27N3O5/c1-4-14-33-22-12-9-19(15-23(22)32-3)16-26-27-24(29)21-6-5-13-28(25(21)30)17-18-7-10-20(31-2)11-8-18/h5-13,15-16H,4,14,17H2,1-3H3,(H,27,29)/b26-16-. The van der Waals surface area contributed by atoms with Crippen LogP contribution in [-0.4, -0.2) is 37.5 Å². The lowest BCUT2D eigenvalue weighted by Crippen LogP contribution is -2.30. The molecule has 0 atom stereocenters. The number of carbonyl (C=O) groups excluding carboxylic acids is 1. The molecule has 3 rings (SSSR count). The Morgan fingerprint density at radius 2 is 1.85 bits per heavy atom.